The summed E-state index contributed by atoms with van der Waals surface area (Å²) < 4.78 is 0. The topological polar surface area (TPSA) is 111 Å². The number of amides is 4. The van der Waals surface area contributed by atoms with Crippen LogP contribution in [0, 0.1) is 5.92 Å². The Hall–Kier alpha value is -3.72. The average Bonchev–Trinajstić information content (AvgIpc) is 3.42. The van der Waals surface area contributed by atoms with Crippen molar-refractivity contribution in [3.8, 4) is 0 Å². The van der Waals surface area contributed by atoms with Crippen molar-refractivity contribution in [2.24, 2.45) is 5.92 Å². The lowest BCUT2D eigenvalue weighted by atomic mass is 9.98. The van der Waals surface area contributed by atoms with Gasteiger partial charge in [0.2, 0.25) is 23.6 Å². The molecule has 2 aliphatic heterocycles. The van der Waals surface area contributed by atoms with Crippen molar-refractivity contribution in [2.75, 3.05) is 20.1 Å². The number of carbonyl (C=O) groups is 4. The molecule has 4 rings (SSSR count). The number of rotatable bonds is 10. The number of benzene rings is 2. The number of hydrogen-bond acceptors (Lipinski definition) is 5. The molecule has 3 N–H and O–H groups in total. The Labute approximate surface area is 249 Å². The lowest BCUT2D eigenvalue weighted by molar-refractivity contribution is -0.147. The average molecular weight is 576 g/mol. The molecule has 0 unspecified atom stereocenters. The quantitative estimate of drug-likeness (QED) is 0.404. The Kier molecular flexibility index (Phi) is 10.7. The van der Waals surface area contributed by atoms with E-state index in [-0.39, 0.29) is 42.3 Å². The van der Waals surface area contributed by atoms with Crippen LogP contribution >= 0.6 is 0 Å². The van der Waals surface area contributed by atoms with Gasteiger partial charge in [0.1, 0.15) is 12.1 Å². The third-order valence-corrected chi connectivity index (χ3v) is 8.48. The number of likely N-dealkylation sites (N-methyl/N-ethyl adjacent to an activating group) is 1. The fourth-order valence-corrected chi connectivity index (χ4v) is 5.85. The molecule has 0 radical (unpaired) electrons. The van der Waals surface area contributed by atoms with Crippen molar-refractivity contribution < 1.29 is 19.2 Å². The van der Waals surface area contributed by atoms with Crippen LogP contribution in [0.5, 0.6) is 0 Å². The van der Waals surface area contributed by atoms with Crippen molar-refractivity contribution in [1.82, 2.24) is 25.8 Å². The van der Waals surface area contributed by atoms with Gasteiger partial charge in [0.15, 0.2) is 0 Å². The van der Waals surface area contributed by atoms with E-state index >= 15 is 0 Å². The standard InChI is InChI=1S/C33H45N5O4/c1-22(2)15-18-29(39)37-20-19-26-16-17-28(38(26)33(42)27(21-37)35-31(40)23(3)34-4)32(41)36-30(24-11-7-5-8-12-24)25-13-9-6-10-14-25/h5-14,22-23,26-28,30,34H,15-21H2,1-4H3,(H,35,40)(H,36,41)/t23-,26+,27-,28-/m0/s1. The molecule has 2 aromatic rings. The van der Waals surface area contributed by atoms with Gasteiger partial charge in [-0.2, -0.15) is 0 Å². The van der Waals surface area contributed by atoms with Gasteiger partial charge < -0.3 is 25.8 Å². The van der Waals surface area contributed by atoms with E-state index in [1.165, 1.54) is 0 Å². The number of fused-ring (bicyclic) bond motifs is 1. The van der Waals surface area contributed by atoms with Crippen LogP contribution in [0.15, 0.2) is 60.7 Å². The zero-order valence-corrected chi connectivity index (χ0v) is 25.2. The fraction of sp³-hybridized carbons (Fsp3) is 0.515. The second-order valence-electron chi connectivity index (χ2n) is 11.9. The predicted molar refractivity (Wildman–Crippen MR) is 162 cm³/mol. The van der Waals surface area contributed by atoms with Crippen molar-refractivity contribution in [3.05, 3.63) is 71.8 Å². The molecule has 0 aliphatic carbocycles. The van der Waals surface area contributed by atoms with Crippen LogP contribution < -0.4 is 16.0 Å². The van der Waals surface area contributed by atoms with Gasteiger partial charge in [-0.15, -0.1) is 0 Å². The van der Waals surface area contributed by atoms with Gasteiger partial charge in [0, 0.05) is 25.6 Å². The first-order chi connectivity index (χ1) is 20.2. The molecule has 9 heteroatoms. The van der Waals surface area contributed by atoms with E-state index in [0.29, 0.717) is 38.1 Å². The molecule has 4 amide bonds. The maximum absolute atomic E-state index is 14.2. The van der Waals surface area contributed by atoms with Crippen LogP contribution in [-0.2, 0) is 19.2 Å². The van der Waals surface area contributed by atoms with Crippen LogP contribution in [0.3, 0.4) is 0 Å². The Balaban J connectivity index is 1.58. The zero-order valence-electron chi connectivity index (χ0n) is 25.2. The molecule has 2 saturated heterocycles. The molecule has 2 fully saturated rings. The van der Waals surface area contributed by atoms with E-state index in [2.05, 4.69) is 29.8 Å². The highest BCUT2D eigenvalue weighted by atomic mass is 16.2. The summed E-state index contributed by atoms with van der Waals surface area (Å²) in [6.45, 7) is 6.44. The minimum atomic E-state index is -0.938. The maximum Gasteiger partial charge on any atom is 0.247 e. The molecule has 0 aromatic heterocycles. The Morgan fingerprint density at radius 3 is 2.10 bits per heavy atom. The van der Waals surface area contributed by atoms with Crippen LogP contribution in [0.2, 0.25) is 0 Å². The molecule has 9 nitrogen and oxygen atoms in total. The summed E-state index contributed by atoms with van der Waals surface area (Å²) in [6.07, 6.45) is 2.94. The highest BCUT2D eigenvalue weighted by Crippen LogP contribution is 2.31. The normalized spacial score (nSPS) is 21.5. The van der Waals surface area contributed by atoms with Crippen molar-refractivity contribution in [1.29, 1.82) is 0 Å². The van der Waals surface area contributed by atoms with E-state index in [4.69, 9.17) is 0 Å². The lowest BCUT2D eigenvalue weighted by Gasteiger charge is -2.39. The monoisotopic (exact) mass is 575 g/mol. The minimum Gasteiger partial charge on any atom is -0.343 e. The van der Waals surface area contributed by atoms with Gasteiger partial charge in [-0.1, -0.05) is 74.5 Å². The maximum atomic E-state index is 14.2. The van der Waals surface area contributed by atoms with Gasteiger partial charge >= 0.3 is 0 Å². The molecule has 0 saturated carbocycles. The molecule has 226 valence electrons. The second kappa shape index (κ2) is 14.4. The van der Waals surface area contributed by atoms with Crippen LogP contribution in [0.25, 0.3) is 0 Å². The fourth-order valence-electron chi connectivity index (χ4n) is 5.85. The molecule has 2 aliphatic rings. The van der Waals surface area contributed by atoms with Crippen LogP contribution in [0.4, 0.5) is 0 Å². The van der Waals surface area contributed by atoms with Crippen LogP contribution in [0.1, 0.15) is 70.0 Å². The number of nitrogens with zero attached hydrogens (tertiary/aromatic N) is 2. The summed E-state index contributed by atoms with van der Waals surface area (Å²) in [4.78, 5) is 57.6. The minimum absolute atomic E-state index is 0.00767. The predicted octanol–water partition coefficient (Wildman–Crippen LogP) is 3.01. The van der Waals surface area contributed by atoms with Gasteiger partial charge in [-0.25, -0.2) is 0 Å². The van der Waals surface area contributed by atoms with E-state index in [9.17, 15) is 19.2 Å². The van der Waals surface area contributed by atoms with Crippen LogP contribution in [-0.4, -0.2) is 77.7 Å². The molecule has 0 spiro atoms. The second-order valence-corrected chi connectivity index (χ2v) is 11.9. The summed E-state index contributed by atoms with van der Waals surface area (Å²) in [5.41, 5.74) is 1.90. The van der Waals surface area contributed by atoms with Crippen molar-refractivity contribution >= 4 is 23.6 Å². The summed E-state index contributed by atoms with van der Waals surface area (Å²) >= 11 is 0. The smallest absolute Gasteiger partial charge is 0.247 e. The van der Waals surface area contributed by atoms with E-state index < -0.39 is 18.1 Å². The first-order valence-corrected chi connectivity index (χ1v) is 15.2. The third-order valence-electron chi connectivity index (χ3n) is 8.48. The molecule has 4 atom stereocenters. The van der Waals surface area contributed by atoms with E-state index in [0.717, 1.165) is 17.5 Å². The molecule has 2 aromatic carbocycles. The van der Waals surface area contributed by atoms with Gasteiger partial charge in [-0.3, -0.25) is 19.2 Å². The highest BCUT2D eigenvalue weighted by Gasteiger charge is 2.45. The third kappa shape index (κ3) is 7.56. The first kappa shape index (κ1) is 31.2. The summed E-state index contributed by atoms with van der Waals surface area (Å²) in [5.74, 6) is -0.477. The Morgan fingerprint density at radius 1 is 0.905 bits per heavy atom. The molecule has 42 heavy (non-hydrogen) atoms. The Bertz CT molecular complexity index is 1180. The first-order valence-electron chi connectivity index (χ1n) is 15.2. The van der Waals surface area contributed by atoms with E-state index in [1.54, 1.807) is 23.8 Å². The van der Waals surface area contributed by atoms with Crippen molar-refractivity contribution in [3.63, 3.8) is 0 Å². The summed E-state index contributed by atoms with van der Waals surface area (Å²) in [5, 5.41) is 9.02. The molecular formula is C33H45N5O4. The largest absolute Gasteiger partial charge is 0.343 e. The molecular weight excluding hydrogens is 530 g/mol. The highest BCUT2D eigenvalue weighted by molar-refractivity contribution is 5.94. The lowest BCUT2D eigenvalue weighted by Crippen LogP contribution is -2.62. The molecule has 2 heterocycles. The van der Waals surface area contributed by atoms with Gasteiger partial charge in [-0.05, 0) is 56.7 Å². The van der Waals surface area contributed by atoms with Gasteiger partial charge in [0.05, 0.1) is 12.1 Å². The zero-order chi connectivity index (χ0) is 30.2. The number of hydrogen-bond donors (Lipinski definition) is 3. The summed E-state index contributed by atoms with van der Waals surface area (Å²) in [6, 6.07) is 16.9. The SMILES string of the molecule is CN[C@@H](C)C(=O)N[C@H]1CN(C(=O)CCC(C)C)CC[C@H]2CC[C@@H](C(=O)NC(c3ccccc3)c3ccccc3)N2C1=O. The van der Waals surface area contributed by atoms with Gasteiger partial charge in [0.25, 0.3) is 0 Å². The van der Waals surface area contributed by atoms with E-state index in [1.807, 2.05) is 60.7 Å². The van der Waals surface area contributed by atoms with Crippen molar-refractivity contribution in [2.45, 2.75) is 83.1 Å². The number of carbonyl (C=O) groups excluding carboxylic acids is 4. The summed E-state index contributed by atoms with van der Waals surface area (Å²) in [7, 11) is 1.68. The molecule has 0 bridgehead atoms. The Morgan fingerprint density at radius 2 is 1.52 bits per heavy atom. The number of nitrogens with one attached hydrogen (secondary N) is 3.